The molecule has 1 aromatic rings. The number of carbonyl (C=O) groups is 1. The van der Waals surface area contributed by atoms with E-state index in [9.17, 15) is 13.6 Å². The zero-order valence-corrected chi connectivity index (χ0v) is 7.84. The van der Waals surface area contributed by atoms with Gasteiger partial charge in [-0.2, -0.15) is 5.10 Å². The number of aromatic amines is 1. The number of hydrogen-bond acceptors (Lipinski definition) is 2. The molecule has 78 valence electrons. The standard InChI is InChI=1S/C8H11F2N3O/c1-5(8(2,9)10)12-7(14)6-3-4-11-13-6/h3-5H,1-2H3,(H,11,13)(H,12,14)/t5-/m1/s1. The number of amides is 1. The zero-order valence-electron chi connectivity index (χ0n) is 7.84. The molecular formula is C8H11F2N3O. The molecule has 1 amide bonds. The summed E-state index contributed by atoms with van der Waals surface area (Å²) in [5.41, 5.74) is 0.168. The van der Waals surface area contributed by atoms with Gasteiger partial charge in [-0.1, -0.05) is 0 Å². The Morgan fingerprint density at radius 2 is 2.36 bits per heavy atom. The third-order valence-electron chi connectivity index (χ3n) is 1.85. The van der Waals surface area contributed by atoms with Crippen LogP contribution in [0.2, 0.25) is 0 Å². The zero-order chi connectivity index (χ0) is 10.8. The van der Waals surface area contributed by atoms with Crippen molar-refractivity contribution in [2.45, 2.75) is 25.8 Å². The molecule has 0 saturated heterocycles. The van der Waals surface area contributed by atoms with Gasteiger partial charge in [-0.25, -0.2) is 8.78 Å². The van der Waals surface area contributed by atoms with Gasteiger partial charge in [-0.05, 0) is 13.0 Å². The molecule has 0 aliphatic heterocycles. The first-order chi connectivity index (χ1) is 6.41. The number of nitrogens with one attached hydrogen (secondary N) is 2. The lowest BCUT2D eigenvalue weighted by atomic mass is 10.2. The number of carbonyl (C=O) groups excluding carboxylic acids is 1. The SMILES string of the molecule is C[C@@H](NC(=O)c1ccn[nH]1)C(C)(F)F. The first-order valence-corrected chi connectivity index (χ1v) is 4.09. The molecule has 0 aliphatic rings. The second kappa shape index (κ2) is 3.73. The van der Waals surface area contributed by atoms with Crippen molar-refractivity contribution >= 4 is 5.91 Å². The van der Waals surface area contributed by atoms with Gasteiger partial charge in [0, 0.05) is 13.1 Å². The maximum absolute atomic E-state index is 12.7. The second-order valence-electron chi connectivity index (χ2n) is 3.12. The molecule has 0 fully saturated rings. The topological polar surface area (TPSA) is 57.8 Å². The lowest BCUT2D eigenvalue weighted by Gasteiger charge is -2.19. The molecule has 1 aromatic heterocycles. The van der Waals surface area contributed by atoms with E-state index >= 15 is 0 Å². The number of hydrogen-bond donors (Lipinski definition) is 2. The molecular weight excluding hydrogens is 192 g/mol. The fourth-order valence-electron chi connectivity index (χ4n) is 0.783. The molecule has 0 unspecified atom stereocenters. The van der Waals surface area contributed by atoms with Crippen LogP contribution in [0.4, 0.5) is 8.78 Å². The van der Waals surface area contributed by atoms with Crippen molar-refractivity contribution in [3.8, 4) is 0 Å². The second-order valence-corrected chi connectivity index (χ2v) is 3.12. The summed E-state index contributed by atoms with van der Waals surface area (Å²) >= 11 is 0. The molecule has 14 heavy (non-hydrogen) atoms. The monoisotopic (exact) mass is 203 g/mol. The first kappa shape index (κ1) is 10.6. The summed E-state index contributed by atoms with van der Waals surface area (Å²) in [5, 5.41) is 8.09. The number of rotatable bonds is 3. The van der Waals surface area contributed by atoms with Crippen LogP contribution in [0.25, 0.3) is 0 Å². The molecule has 0 aliphatic carbocycles. The highest BCUT2D eigenvalue weighted by atomic mass is 19.3. The van der Waals surface area contributed by atoms with Gasteiger partial charge in [0.05, 0.1) is 6.04 Å². The molecule has 0 aromatic carbocycles. The Morgan fingerprint density at radius 3 is 2.79 bits per heavy atom. The quantitative estimate of drug-likeness (QED) is 0.775. The maximum Gasteiger partial charge on any atom is 0.269 e. The molecule has 0 bridgehead atoms. The number of alkyl halides is 2. The molecule has 0 saturated carbocycles. The Hall–Kier alpha value is -1.46. The summed E-state index contributed by atoms with van der Waals surface area (Å²) in [6.45, 7) is 2.00. The molecule has 4 nitrogen and oxygen atoms in total. The van der Waals surface area contributed by atoms with E-state index < -0.39 is 17.9 Å². The molecule has 1 rings (SSSR count). The highest BCUT2D eigenvalue weighted by Crippen LogP contribution is 2.16. The van der Waals surface area contributed by atoms with E-state index in [0.29, 0.717) is 0 Å². The maximum atomic E-state index is 12.7. The van der Waals surface area contributed by atoms with Crippen LogP contribution in [-0.2, 0) is 0 Å². The van der Waals surface area contributed by atoms with Crippen molar-refractivity contribution in [1.29, 1.82) is 0 Å². The van der Waals surface area contributed by atoms with Crippen LogP contribution in [0.3, 0.4) is 0 Å². The Bertz CT molecular complexity index is 305. The fourth-order valence-corrected chi connectivity index (χ4v) is 0.783. The van der Waals surface area contributed by atoms with Crippen LogP contribution in [0, 0.1) is 0 Å². The predicted octanol–water partition coefficient (Wildman–Crippen LogP) is 1.18. The van der Waals surface area contributed by atoms with Gasteiger partial charge in [0.2, 0.25) is 0 Å². The van der Waals surface area contributed by atoms with E-state index in [1.807, 2.05) is 0 Å². The van der Waals surface area contributed by atoms with Crippen LogP contribution in [0.5, 0.6) is 0 Å². The predicted molar refractivity (Wildman–Crippen MR) is 46.1 cm³/mol. The molecule has 6 heteroatoms. The van der Waals surface area contributed by atoms with Crippen molar-refractivity contribution < 1.29 is 13.6 Å². The largest absolute Gasteiger partial charge is 0.342 e. The van der Waals surface area contributed by atoms with Gasteiger partial charge in [0.1, 0.15) is 5.69 Å². The van der Waals surface area contributed by atoms with Crippen LogP contribution < -0.4 is 5.32 Å². The highest BCUT2D eigenvalue weighted by molar-refractivity contribution is 5.92. The van der Waals surface area contributed by atoms with E-state index in [-0.39, 0.29) is 5.69 Å². The van der Waals surface area contributed by atoms with Gasteiger partial charge in [-0.3, -0.25) is 9.89 Å². The van der Waals surface area contributed by atoms with Gasteiger partial charge in [0.15, 0.2) is 0 Å². The lowest BCUT2D eigenvalue weighted by molar-refractivity contribution is -0.0108. The van der Waals surface area contributed by atoms with Crippen molar-refractivity contribution in [3.05, 3.63) is 18.0 Å². The van der Waals surface area contributed by atoms with E-state index in [2.05, 4.69) is 15.5 Å². The summed E-state index contributed by atoms with van der Waals surface area (Å²) in [6, 6.07) is 0.203. The number of nitrogens with zero attached hydrogens (tertiary/aromatic N) is 1. The van der Waals surface area contributed by atoms with E-state index in [1.165, 1.54) is 19.2 Å². The van der Waals surface area contributed by atoms with Gasteiger partial charge in [-0.15, -0.1) is 0 Å². The number of halogens is 2. The normalized spacial score (nSPS) is 13.7. The van der Waals surface area contributed by atoms with Crippen molar-refractivity contribution in [2.24, 2.45) is 0 Å². The average Bonchev–Trinajstić information content (AvgIpc) is 2.53. The first-order valence-electron chi connectivity index (χ1n) is 4.09. The highest BCUT2D eigenvalue weighted by Gasteiger charge is 2.31. The van der Waals surface area contributed by atoms with Crippen LogP contribution in [0.1, 0.15) is 24.3 Å². The molecule has 1 heterocycles. The van der Waals surface area contributed by atoms with Gasteiger partial charge >= 0.3 is 0 Å². The Labute approximate surface area is 79.7 Å². The van der Waals surface area contributed by atoms with Gasteiger partial charge in [0.25, 0.3) is 11.8 Å². The third kappa shape index (κ3) is 2.51. The minimum Gasteiger partial charge on any atom is -0.342 e. The third-order valence-corrected chi connectivity index (χ3v) is 1.85. The smallest absolute Gasteiger partial charge is 0.269 e. The molecule has 0 spiro atoms. The van der Waals surface area contributed by atoms with Crippen molar-refractivity contribution in [1.82, 2.24) is 15.5 Å². The van der Waals surface area contributed by atoms with Crippen LogP contribution in [-0.4, -0.2) is 28.1 Å². The Kier molecular flexibility index (Phi) is 2.83. The summed E-state index contributed by atoms with van der Waals surface area (Å²) < 4.78 is 25.4. The Balaban J connectivity index is 2.58. The van der Waals surface area contributed by atoms with E-state index in [0.717, 1.165) is 6.92 Å². The van der Waals surface area contributed by atoms with Crippen LogP contribution in [0.15, 0.2) is 12.3 Å². The van der Waals surface area contributed by atoms with Crippen molar-refractivity contribution in [2.75, 3.05) is 0 Å². The van der Waals surface area contributed by atoms with Crippen LogP contribution >= 0.6 is 0 Å². The summed E-state index contributed by atoms with van der Waals surface area (Å²) in [7, 11) is 0. The minimum atomic E-state index is -2.93. The van der Waals surface area contributed by atoms with E-state index in [4.69, 9.17) is 0 Å². The van der Waals surface area contributed by atoms with E-state index in [1.54, 1.807) is 0 Å². The minimum absolute atomic E-state index is 0.168. The fraction of sp³-hybridized carbons (Fsp3) is 0.500. The van der Waals surface area contributed by atoms with Gasteiger partial charge < -0.3 is 5.32 Å². The summed E-state index contributed by atoms with van der Waals surface area (Å²) in [6.07, 6.45) is 1.38. The van der Waals surface area contributed by atoms with Crippen molar-refractivity contribution in [3.63, 3.8) is 0 Å². The summed E-state index contributed by atoms with van der Waals surface area (Å²) in [5.74, 6) is -3.52. The lowest BCUT2D eigenvalue weighted by Crippen LogP contribution is -2.43. The molecule has 0 radical (unpaired) electrons. The molecule has 2 N–H and O–H groups in total. The molecule has 1 atom stereocenters. The summed E-state index contributed by atoms with van der Waals surface area (Å²) in [4.78, 5) is 11.2. The Morgan fingerprint density at radius 1 is 1.71 bits per heavy atom. The number of H-pyrrole nitrogens is 1. The average molecular weight is 203 g/mol. The number of aromatic nitrogens is 2.